The van der Waals surface area contributed by atoms with Gasteiger partial charge >= 0.3 is 11.3 Å². The smallest absolute Gasteiger partial charge is 0.300 e. The zero-order chi connectivity index (χ0) is 14.7. The van der Waals surface area contributed by atoms with Crippen LogP contribution >= 0.6 is 12.6 Å². The van der Waals surface area contributed by atoms with Crippen LogP contribution in [0.5, 0.6) is 0 Å². The SMILES string of the molecule is O=C(S)[N+]1(C(=O)NC23CC4CC(CC(C4)C2)C3)CCCC1. The summed E-state index contributed by atoms with van der Waals surface area (Å²) in [7, 11) is 0. The van der Waals surface area contributed by atoms with Gasteiger partial charge in [-0.25, -0.2) is 9.59 Å². The summed E-state index contributed by atoms with van der Waals surface area (Å²) in [5, 5.41) is 3.07. The van der Waals surface area contributed by atoms with E-state index in [0.717, 1.165) is 49.9 Å². The number of hydrogen-bond donors (Lipinski definition) is 2. The van der Waals surface area contributed by atoms with Crippen LogP contribution < -0.4 is 5.32 Å². The largest absolute Gasteiger partial charge is 0.425 e. The Hall–Kier alpha value is -0.550. The van der Waals surface area contributed by atoms with Crippen molar-refractivity contribution in [2.75, 3.05) is 13.1 Å². The third-order valence-corrected chi connectivity index (χ3v) is 6.88. The van der Waals surface area contributed by atoms with Crippen LogP contribution in [0.2, 0.25) is 0 Å². The maximum absolute atomic E-state index is 12.9. The lowest BCUT2D eigenvalue weighted by Crippen LogP contribution is -2.66. The second-order valence-corrected chi connectivity index (χ2v) is 8.42. The molecule has 5 fully saturated rings. The van der Waals surface area contributed by atoms with Gasteiger partial charge in [-0.3, -0.25) is 5.32 Å². The predicted octanol–water partition coefficient (Wildman–Crippen LogP) is 3.33. The van der Waals surface area contributed by atoms with E-state index in [0.29, 0.717) is 13.1 Å². The maximum atomic E-state index is 12.9. The van der Waals surface area contributed by atoms with Crippen molar-refractivity contribution in [3.63, 3.8) is 0 Å². The molecule has 3 amide bonds. The molecule has 116 valence electrons. The van der Waals surface area contributed by atoms with Crippen LogP contribution in [0.3, 0.4) is 0 Å². The normalized spacial score (nSPS) is 43.0. The van der Waals surface area contributed by atoms with Gasteiger partial charge in [-0.05, 0) is 68.9 Å². The van der Waals surface area contributed by atoms with E-state index in [2.05, 4.69) is 17.9 Å². The van der Waals surface area contributed by atoms with Gasteiger partial charge in [-0.1, -0.05) is 0 Å². The van der Waals surface area contributed by atoms with E-state index in [1.807, 2.05) is 0 Å². The Morgan fingerprint density at radius 2 is 1.43 bits per heavy atom. The van der Waals surface area contributed by atoms with Crippen LogP contribution in [-0.2, 0) is 0 Å². The minimum absolute atomic E-state index is 0.0110. The van der Waals surface area contributed by atoms with Gasteiger partial charge in [0.25, 0.3) is 0 Å². The minimum atomic E-state index is -0.283. The molecule has 5 heteroatoms. The van der Waals surface area contributed by atoms with E-state index in [1.165, 1.54) is 19.3 Å². The van der Waals surface area contributed by atoms with E-state index in [-0.39, 0.29) is 21.3 Å². The first-order chi connectivity index (χ1) is 10.0. The number of quaternary nitrogens is 1. The Balaban J connectivity index is 1.55. The summed E-state index contributed by atoms with van der Waals surface area (Å²) >= 11 is 4.02. The lowest BCUT2D eigenvalue weighted by molar-refractivity contribution is -0.747. The first-order valence-corrected chi connectivity index (χ1v) is 8.89. The molecule has 0 aromatic rings. The first kappa shape index (κ1) is 14.1. The van der Waals surface area contributed by atoms with Gasteiger partial charge in [0.2, 0.25) is 0 Å². The lowest BCUT2D eigenvalue weighted by Gasteiger charge is -2.56. The van der Waals surface area contributed by atoms with Gasteiger partial charge < -0.3 is 0 Å². The molecule has 4 saturated carbocycles. The maximum Gasteiger partial charge on any atom is 0.425 e. The Morgan fingerprint density at radius 1 is 0.952 bits per heavy atom. The molecule has 0 atom stereocenters. The van der Waals surface area contributed by atoms with Crippen molar-refractivity contribution in [1.29, 1.82) is 0 Å². The highest BCUT2D eigenvalue weighted by Crippen LogP contribution is 2.55. The molecule has 0 spiro atoms. The molecule has 1 aliphatic heterocycles. The molecule has 21 heavy (non-hydrogen) atoms. The Morgan fingerprint density at radius 3 is 1.86 bits per heavy atom. The second-order valence-electron chi connectivity index (χ2n) is 8.03. The molecule has 4 bridgehead atoms. The van der Waals surface area contributed by atoms with E-state index in [9.17, 15) is 9.59 Å². The van der Waals surface area contributed by atoms with E-state index in [4.69, 9.17) is 0 Å². The number of carbonyl (C=O) groups excluding carboxylic acids is 2. The Labute approximate surface area is 131 Å². The molecule has 5 rings (SSSR count). The number of imide groups is 1. The van der Waals surface area contributed by atoms with Crippen molar-refractivity contribution in [1.82, 2.24) is 5.32 Å². The van der Waals surface area contributed by atoms with Crippen molar-refractivity contribution in [3.8, 4) is 0 Å². The third kappa shape index (κ3) is 2.15. The number of thiol groups is 1. The van der Waals surface area contributed by atoms with Crippen LogP contribution in [0.15, 0.2) is 0 Å². The summed E-state index contributed by atoms with van der Waals surface area (Å²) in [4.78, 5) is 24.9. The second kappa shape index (κ2) is 4.72. The van der Waals surface area contributed by atoms with Gasteiger partial charge in [0.1, 0.15) is 0 Å². The summed E-state index contributed by atoms with van der Waals surface area (Å²) < 4.78 is -0.0785. The standard InChI is InChI=1S/C16H24N2O2S/c19-14(18(15(20)21)3-1-2-4-18)17-16-8-11-5-12(9-16)7-13(6-11)10-16/h11-13H,1-10H2,(H-,17,19,20,21)/p+1. The van der Waals surface area contributed by atoms with Gasteiger partial charge in [0.05, 0.1) is 13.1 Å². The monoisotopic (exact) mass is 309 g/mol. The van der Waals surface area contributed by atoms with Gasteiger partial charge in [0.15, 0.2) is 0 Å². The minimum Gasteiger partial charge on any atom is -0.300 e. The van der Waals surface area contributed by atoms with Crippen LogP contribution in [-0.4, -0.2) is 34.4 Å². The molecule has 5 aliphatic rings. The molecule has 0 unspecified atom stereocenters. The fourth-order valence-corrected chi connectivity index (χ4v) is 6.24. The molecule has 0 radical (unpaired) electrons. The van der Waals surface area contributed by atoms with Gasteiger partial charge in [-0.2, -0.15) is 4.48 Å². The Kier molecular flexibility index (Phi) is 3.16. The average molecular weight is 309 g/mol. The number of nitrogens with zero attached hydrogens (tertiary/aromatic N) is 1. The molecule has 0 aromatic heterocycles. The molecular formula is C16H25N2O2S+. The average Bonchev–Trinajstić information content (AvgIpc) is 2.86. The van der Waals surface area contributed by atoms with Crippen LogP contribution in [0.1, 0.15) is 51.4 Å². The van der Waals surface area contributed by atoms with Gasteiger partial charge in [-0.15, -0.1) is 0 Å². The Bertz CT molecular complexity index is 449. The number of amides is 3. The molecule has 1 heterocycles. The predicted molar refractivity (Wildman–Crippen MR) is 83.0 cm³/mol. The van der Waals surface area contributed by atoms with Crippen molar-refractivity contribution in [2.24, 2.45) is 17.8 Å². The van der Waals surface area contributed by atoms with E-state index < -0.39 is 0 Å². The molecule has 4 aliphatic carbocycles. The number of carbonyl (C=O) groups is 2. The summed E-state index contributed by atoms with van der Waals surface area (Å²) in [6, 6.07) is -0.0746. The highest BCUT2D eigenvalue weighted by atomic mass is 32.1. The topological polar surface area (TPSA) is 46.2 Å². The third-order valence-electron chi connectivity index (χ3n) is 6.49. The number of urea groups is 1. The fourth-order valence-electron chi connectivity index (χ4n) is 5.95. The lowest BCUT2D eigenvalue weighted by atomic mass is 9.53. The molecule has 0 aromatic carbocycles. The summed E-state index contributed by atoms with van der Waals surface area (Å²) in [5.41, 5.74) is -0.0110. The summed E-state index contributed by atoms with van der Waals surface area (Å²) in [6.07, 6.45) is 9.37. The zero-order valence-electron chi connectivity index (χ0n) is 12.5. The molecular weight excluding hydrogens is 284 g/mol. The quantitative estimate of drug-likeness (QED) is 0.576. The summed E-state index contributed by atoms with van der Waals surface area (Å²) in [5.74, 6) is 2.40. The van der Waals surface area contributed by atoms with E-state index in [1.54, 1.807) is 0 Å². The van der Waals surface area contributed by atoms with Crippen LogP contribution in [0, 0.1) is 17.8 Å². The highest BCUT2D eigenvalue weighted by molar-refractivity contribution is 7.96. The highest BCUT2D eigenvalue weighted by Gasteiger charge is 2.55. The number of hydrogen-bond acceptors (Lipinski definition) is 2. The van der Waals surface area contributed by atoms with Gasteiger partial charge in [0, 0.05) is 18.4 Å². The number of rotatable bonds is 1. The number of likely N-dealkylation sites (tertiary alicyclic amines) is 1. The van der Waals surface area contributed by atoms with Crippen molar-refractivity contribution in [2.45, 2.75) is 56.9 Å². The molecule has 1 saturated heterocycles. The van der Waals surface area contributed by atoms with Crippen molar-refractivity contribution in [3.05, 3.63) is 0 Å². The fraction of sp³-hybridized carbons (Fsp3) is 0.875. The number of nitrogens with one attached hydrogen (secondary N) is 1. The van der Waals surface area contributed by atoms with Crippen molar-refractivity contribution < 1.29 is 14.1 Å². The van der Waals surface area contributed by atoms with Crippen molar-refractivity contribution >= 4 is 23.9 Å². The first-order valence-electron chi connectivity index (χ1n) is 8.45. The zero-order valence-corrected chi connectivity index (χ0v) is 13.4. The molecule has 1 N–H and O–H groups in total. The molecule has 4 nitrogen and oxygen atoms in total. The summed E-state index contributed by atoms with van der Waals surface area (Å²) in [6.45, 7) is 1.25. The van der Waals surface area contributed by atoms with Crippen LogP contribution in [0.4, 0.5) is 9.59 Å². The van der Waals surface area contributed by atoms with Crippen LogP contribution in [0.25, 0.3) is 0 Å². The van der Waals surface area contributed by atoms with E-state index >= 15 is 0 Å².